The Morgan fingerprint density at radius 1 is 1.38 bits per heavy atom. The van der Waals surface area contributed by atoms with Gasteiger partial charge in [-0.25, -0.2) is 4.98 Å². The number of aromatic nitrogens is 2. The van der Waals surface area contributed by atoms with Gasteiger partial charge in [-0.1, -0.05) is 0 Å². The second-order valence-corrected chi connectivity index (χ2v) is 6.06. The SMILES string of the molecule is CCn1c(C)cc(C(=O)COCCc2scnc2C)c1C. The summed E-state index contributed by atoms with van der Waals surface area (Å²) in [5, 5.41) is 0. The van der Waals surface area contributed by atoms with Crippen LogP contribution in [0.3, 0.4) is 0 Å². The molecular formula is C16H22N2O2S. The van der Waals surface area contributed by atoms with Crippen LogP contribution in [0.25, 0.3) is 0 Å². The number of rotatable bonds is 7. The van der Waals surface area contributed by atoms with Crippen LogP contribution in [0.15, 0.2) is 11.6 Å². The highest BCUT2D eigenvalue weighted by molar-refractivity contribution is 7.09. The van der Waals surface area contributed by atoms with E-state index in [1.807, 2.05) is 32.3 Å². The standard InChI is InChI=1S/C16H22N2O2S/c1-5-18-11(2)8-14(13(18)4)15(19)9-20-7-6-16-12(3)17-10-21-16/h8,10H,5-7,9H2,1-4H3. The van der Waals surface area contributed by atoms with E-state index in [1.54, 1.807) is 11.3 Å². The molecule has 0 aromatic carbocycles. The van der Waals surface area contributed by atoms with Crippen LogP contribution >= 0.6 is 11.3 Å². The Balaban J connectivity index is 1.86. The number of Topliss-reactive ketones (excluding diaryl/α,β-unsaturated/α-hetero) is 1. The Kier molecular flexibility index (Phi) is 5.31. The monoisotopic (exact) mass is 306 g/mol. The van der Waals surface area contributed by atoms with Crippen molar-refractivity contribution >= 4 is 17.1 Å². The Labute approximate surface area is 129 Å². The van der Waals surface area contributed by atoms with Crippen molar-refractivity contribution in [3.63, 3.8) is 0 Å². The van der Waals surface area contributed by atoms with E-state index in [2.05, 4.69) is 16.5 Å². The van der Waals surface area contributed by atoms with Crippen molar-refractivity contribution in [1.29, 1.82) is 0 Å². The summed E-state index contributed by atoms with van der Waals surface area (Å²) in [6.07, 6.45) is 0.817. The van der Waals surface area contributed by atoms with Gasteiger partial charge in [0.15, 0.2) is 5.78 Å². The van der Waals surface area contributed by atoms with Gasteiger partial charge in [0.1, 0.15) is 6.61 Å². The number of carbonyl (C=O) groups is 1. The summed E-state index contributed by atoms with van der Waals surface area (Å²) in [4.78, 5) is 17.7. The number of hydrogen-bond acceptors (Lipinski definition) is 4. The van der Waals surface area contributed by atoms with Gasteiger partial charge in [0.2, 0.25) is 0 Å². The summed E-state index contributed by atoms with van der Waals surface area (Å²) in [6, 6.07) is 1.96. The fourth-order valence-electron chi connectivity index (χ4n) is 2.54. The number of ether oxygens (including phenoxy) is 1. The van der Waals surface area contributed by atoms with Crippen molar-refractivity contribution in [1.82, 2.24) is 9.55 Å². The maximum absolute atomic E-state index is 12.2. The average molecular weight is 306 g/mol. The van der Waals surface area contributed by atoms with Crippen LogP contribution in [-0.4, -0.2) is 28.5 Å². The number of thiazole rings is 1. The number of hydrogen-bond donors (Lipinski definition) is 0. The van der Waals surface area contributed by atoms with Crippen molar-refractivity contribution in [2.75, 3.05) is 13.2 Å². The normalized spacial score (nSPS) is 11.0. The molecule has 2 heterocycles. The molecule has 0 aliphatic heterocycles. The molecule has 0 unspecified atom stereocenters. The summed E-state index contributed by atoms with van der Waals surface area (Å²) in [6.45, 7) is 9.69. The zero-order valence-corrected chi connectivity index (χ0v) is 13.9. The second-order valence-electron chi connectivity index (χ2n) is 5.12. The molecule has 0 aliphatic rings. The molecule has 0 N–H and O–H groups in total. The molecule has 5 heteroatoms. The van der Waals surface area contributed by atoms with Crippen LogP contribution in [0, 0.1) is 20.8 Å². The summed E-state index contributed by atoms with van der Waals surface area (Å²) >= 11 is 1.64. The van der Waals surface area contributed by atoms with Crippen LogP contribution in [0.4, 0.5) is 0 Å². The predicted octanol–water partition coefficient (Wildman–Crippen LogP) is 3.33. The molecule has 2 rings (SSSR count). The van der Waals surface area contributed by atoms with E-state index in [0.29, 0.717) is 6.61 Å². The molecule has 0 saturated carbocycles. The first-order chi connectivity index (χ1) is 10.0. The highest BCUT2D eigenvalue weighted by Crippen LogP contribution is 2.16. The third-order valence-electron chi connectivity index (χ3n) is 3.74. The van der Waals surface area contributed by atoms with Crippen LogP contribution in [0.1, 0.15) is 39.2 Å². The van der Waals surface area contributed by atoms with E-state index >= 15 is 0 Å². The third kappa shape index (κ3) is 3.60. The molecule has 0 spiro atoms. The fourth-order valence-corrected chi connectivity index (χ4v) is 3.31. The number of nitrogens with zero attached hydrogens (tertiary/aromatic N) is 2. The zero-order valence-electron chi connectivity index (χ0n) is 13.1. The smallest absolute Gasteiger partial charge is 0.190 e. The van der Waals surface area contributed by atoms with E-state index in [1.165, 1.54) is 4.88 Å². The van der Waals surface area contributed by atoms with Crippen molar-refractivity contribution in [3.05, 3.63) is 39.1 Å². The van der Waals surface area contributed by atoms with Crippen LogP contribution in [0.2, 0.25) is 0 Å². The molecule has 0 amide bonds. The fraction of sp³-hybridized carbons (Fsp3) is 0.500. The Hall–Kier alpha value is -1.46. The molecule has 0 saturated heterocycles. The predicted molar refractivity (Wildman–Crippen MR) is 85.3 cm³/mol. The van der Waals surface area contributed by atoms with Crippen molar-refractivity contribution < 1.29 is 9.53 Å². The number of carbonyl (C=O) groups excluding carboxylic acids is 1. The lowest BCUT2D eigenvalue weighted by Crippen LogP contribution is -2.12. The minimum absolute atomic E-state index is 0.0591. The zero-order chi connectivity index (χ0) is 15.4. The summed E-state index contributed by atoms with van der Waals surface area (Å²) in [5.41, 5.74) is 5.83. The van der Waals surface area contributed by atoms with E-state index in [0.717, 1.165) is 35.6 Å². The van der Waals surface area contributed by atoms with Crippen LogP contribution < -0.4 is 0 Å². The molecule has 0 radical (unpaired) electrons. The van der Waals surface area contributed by atoms with Gasteiger partial charge in [-0.3, -0.25) is 4.79 Å². The molecule has 2 aromatic rings. The lowest BCUT2D eigenvalue weighted by molar-refractivity contribution is 0.0765. The van der Waals surface area contributed by atoms with Gasteiger partial charge < -0.3 is 9.30 Å². The lowest BCUT2D eigenvalue weighted by Gasteiger charge is -2.06. The van der Waals surface area contributed by atoms with Gasteiger partial charge in [-0.05, 0) is 33.8 Å². The Morgan fingerprint density at radius 3 is 2.71 bits per heavy atom. The van der Waals surface area contributed by atoms with Crippen molar-refractivity contribution in [3.8, 4) is 0 Å². The van der Waals surface area contributed by atoms with E-state index < -0.39 is 0 Å². The van der Waals surface area contributed by atoms with Crippen molar-refractivity contribution in [2.45, 2.75) is 40.7 Å². The number of aryl methyl sites for hydroxylation is 2. The average Bonchev–Trinajstić information content (AvgIpc) is 2.98. The van der Waals surface area contributed by atoms with E-state index in [9.17, 15) is 4.79 Å². The Bertz CT molecular complexity index is 628. The largest absolute Gasteiger partial charge is 0.373 e. The van der Waals surface area contributed by atoms with Gasteiger partial charge in [0.05, 0.1) is 17.8 Å². The number of ketones is 1. The maximum atomic E-state index is 12.2. The molecule has 0 bridgehead atoms. The molecule has 0 fully saturated rings. The lowest BCUT2D eigenvalue weighted by atomic mass is 10.1. The minimum Gasteiger partial charge on any atom is -0.373 e. The first-order valence-corrected chi connectivity index (χ1v) is 8.09. The topological polar surface area (TPSA) is 44.1 Å². The molecule has 2 aromatic heterocycles. The van der Waals surface area contributed by atoms with Gasteiger partial charge in [-0.15, -0.1) is 11.3 Å². The second kappa shape index (κ2) is 7.00. The summed E-state index contributed by atoms with van der Waals surface area (Å²) in [5.74, 6) is 0.0591. The summed E-state index contributed by atoms with van der Waals surface area (Å²) < 4.78 is 7.68. The minimum atomic E-state index is 0.0591. The van der Waals surface area contributed by atoms with Gasteiger partial charge in [0, 0.05) is 34.8 Å². The first-order valence-electron chi connectivity index (χ1n) is 7.21. The van der Waals surface area contributed by atoms with Gasteiger partial charge >= 0.3 is 0 Å². The maximum Gasteiger partial charge on any atom is 0.190 e. The van der Waals surface area contributed by atoms with Gasteiger partial charge in [0.25, 0.3) is 0 Å². The molecule has 4 nitrogen and oxygen atoms in total. The molecule has 0 atom stereocenters. The highest BCUT2D eigenvalue weighted by atomic mass is 32.1. The molecule has 0 aliphatic carbocycles. The van der Waals surface area contributed by atoms with E-state index in [-0.39, 0.29) is 12.4 Å². The molecule has 114 valence electrons. The quantitative estimate of drug-likeness (QED) is 0.582. The third-order valence-corrected chi connectivity index (χ3v) is 4.74. The molecular weight excluding hydrogens is 284 g/mol. The molecule has 21 heavy (non-hydrogen) atoms. The summed E-state index contributed by atoms with van der Waals surface area (Å²) in [7, 11) is 0. The van der Waals surface area contributed by atoms with Crippen molar-refractivity contribution in [2.24, 2.45) is 0 Å². The highest BCUT2D eigenvalue weighted by Gasteiger charge is 2.15. The first kappa shape index (κ1) is 15.9. The van der Waals surface area contributed by atoms with Crippen LogP contribution in [-0.2, 0) is 17.7 Å². The van der Waals surface area contributed by atoms with E-state index in [4.69, 9.17) is 4.74 Å². The van der Waals surface area contributed by atoms with Gasteiger partial charge in [-0.2, -0.15) is 0 Å². The Morgan fingerprint density at radius 2 is 2.14 bits per heavy atom. The van der Waals surface area contributed by atoms with Crippen LogP contribution in [0.5, 0.6) is 0 Å².